The number of hydrogen-bond donors (Lipinski definition) is 0. The Morgan fingerprint density at radius 1 is 1.11 bits per heavy atom. The fourth-order valence-electron chi connectivity index (χ4n) is 2.17. The molecule has 0 fully saturated rings. The average molecular weight is 258 g/mol. The monoisotopic (exact) mass is 258 g/mol. The van der Waals surface area contributed by atoms with Crippen LogP contribution in [0.15, 0.2) is 21.1 Å². The first kappa shape index (κ1) is 12.2. The zero-order valence-electron chi connectivity index (χ0n) is 11.9. The summed E-state index contributed by atoms with van der Waals surface area (Å²) in [5.74, 6) is 1.03. The Hall–Kier alpha value is -1.84. The van der Waals surface area contributed by atoms with Crippen LogP contribution < -0.4 is 0 Å². The van der Waals surface area contributed by atoms with E-state index in [-0.39, 0.29) is 11.3 Å². The van der Waals surface area contributed by atoms with Gasteiger partial charge in [0.15, 0.2) is 17.1 Å². The normalized spacial score (nSPS) is 12.9. The van der Waals surface area contributed by atoms with Gasteiger partial charge in [-0.15, -0.1) is 0 Å². The van der Waals surface area contributed by atoms with E-state index in [1.165, 1.54) is 0 Å². The van der Waals surface area contributed by atoms with Crippen LogP contribution in [0.5, 0.6) is 0 Å². The van der Waals surface area contributed by atoms with Crippen molar-refractivity contribution in [2.24, 2.45) is 0 Å². The van der Waals surface area contributed by atoms with Gasteiger partial charge in [0.05, 0.1) is 5.69 Å². The molecule has 4 nitrogen and oxygen atoms in total. The van der Waals surface area contributed by atoms with E-state index in [4.69, 9.17) is 8.94 Å². The van der Waals surface area contributed by atoms with E-state index >= 15 is 0 Å². The first-order chi connectivity index (χ1) is 8.86. The zero-order valence-corrected chi connectivity index (χ0v) is 11.9. The van der Waals surface area contributed by atoms with Crippen molar-refractivity contribution in [3.8, 4) is 0 Å². The van der Waals surface area contributed by atoms with Crippen LogP contribution in [0.4, 0.5) is 0 Å². The molecule has 0 saturated carbocycles. The van der Waals surface area contributed by atoms with Gasteiger partial charge >= 0.3 is 0 Å². The van der Waals surface area contributed by atoms with Crippen molar-refractivity contribution in [3.63, 3.8) is 0 Å². The molecule has 2 heterocycles. The molecule has 0 unspecified atom stereocenters. The Balaban J connectivity index is 2.28. The molecule has 19 heavy (non-hydrogen) atoms. The van der Waals surface area contributed by atoms with Gasteiger partial charge in [0.25, 0.3) is 0 Å². The molecule has 3 rings (SSSR count). The Labute approximate surface area is 111 Å². The van der Waals surface area contributed by atoms with Gasteiger partial charge in [0.1, 0.15) is 5.52 Å². The number of nitrogens with zero attached hydrogens (tertiary/aromatic N) is 2. The highest BCUT2D eigenvalue weighted by atomic mass is 16.5. The minimum absolute atomic E-state index is 0.0520. The summed E-state index contributed by atoms with van der Waals surface area (Å²) in [4.78, 5) is 4.53. The first-order valence-corrected chi connectivity index (χ1v) is 6.56. The molecule has 0 bridgehead atoms. The molecular weight excluding hydrogens is 240 g/mol. The molecule has 1 aromatic carbocycles. The average Bonchev–Trinajstić information content (AvgIpc) is 2.86. The molecule has 0 N–H and O–H groups in total. The second-order valence-electron chi connectivity index (χ2n) is 6.30. The number of benzene rings is 1. The minimum atomic E-state index is -0.0520. The summed E-state index contributed by atoms with van der Waals surface area (Å²) in [6, 6.07) is 3.89. The molecule has 0 saturated heterocycles. The molecule has 2 aromatic heterocycles. The van der Waals surface area contributed by atoms with E-state index in [2.05, 4.69) is 44.8 Å². The maximum absolute atomic E-state index is 5.73. The van der Waals surface area contributed by atoms with E-state index in [0.717, 1.165) is 33.7 Å². The second kappa shape index (κ2) is 3.83. The fraction of sp³-hybridized carbons (Fsp3) is 0.467. The molecule has 0 aliphatic carbocycles. The van der Waals surface area contributed by atoms with Crippen LogP contribution in [0.25, 0.3) is 22.1 Å². The first-order valence-electron chi connectivity index (χ1n) is 6.56. The topological polar surface area (TPSA) is 52.1 Å². The van der Waals surface area contributed by atoms with Crippen molar-refractivity contribution in [1.82, 2.24) is 10.1 Å². The minimum Gasteiger partial charge on any atom is -0.440 e. The van der Waals surface area contributed by atoms with Crippen molar-refractivity contribution in [1.29, 1.82) is 0 Å². The highest BCUT2D eigenvalue weighted by molar-refractivity contribution is 5.92. The smallest absolute Gasteiger partial charge is 0.198 e. The molecule has 100 valence electrons. The zero-order chi connectivity index (χ0) is 13.8. The van der Waals surface area contributed by atoms with Crippen LogP contribution in [0.1, 0.15) is 52.1 Å². The maximum atomic E-state index is 5.73. The molecule has 0 spiro atoms. The third kappa shape index (κ3) is 1.91. The summed E-state index contributed by atoms with van der Waals surface area (Å²) in [5.41, 5.74) is 3.28. The Kier molecular flexibility index (Phi) is 2.46. The van der Waals surface area contributed by atoms with Crippen LogP contribution in [0.3, 0.4) is 0 Å². The quantitative estimate of drug-likeness (QED) is 0.649. The van der Waals surface area contributed by atoms with E-state index in [1.54, 1.807) is 0 Å². The molecule has 3 aromatic rings. The SMILES string of the molecule is CC(C)c1nc2cc3c(C(C)(C)C)noc3cc2o1. The van der Waals surface area contributed by atoms with Crippen molar-refractivity contribution in [2.75, 3.05) is 0 Å². The van der Waals surface area contributed by atoms with Crippen molar-refractivity contribution >= 4 is 22.1 Å². The van der Waals surface area contributed by atoms with Gasteiger partial charge in [-0.2, -0.15) is 0 Å². The van der Waals surface area contributed by atoms with Crippen LogP contribution >= 0.6 is 0 Å². The Bertz CT molecular complexity index is 745. The largest absolute Gasteiger partial charge is 0.440 e. The van der Waals surface area contributed by atoms with Crippen LogP contribution in [0.2, 0.25) is 0 Å². The summed E-state index contributed by atoms with van der Waals surface area (Å²) in [6.07, 6.45) is 0. The third-order valence-electron chi connectivity index (χ3n) is 3.20. The lowest BCUT2D eigenvalue weighted by atomic mass is 9.90. The fourth-order valence-corrected chi connectivity index (χ4v) is 2.17. The molecule has 0 aliphatic rings. The molecule has 0 radical (unpaired) electrons. The standard InChI is InChI=1S/C15H18N2O2/c1-8(2)14-16-10-6-9-11(7-12(10)18-14)19-17-13(9)15(3,4)5/h6-8H,1-5H3. The molecule has 0 aliphatic heterocycles. The van der Waals surface area contributed by atoms with Crippen molar-refractivity contribution in [2.45, 2.75) is 46.0 Å². The predicted molar refractivity (Wildman–Crippen MR) is 74.4 cm³/mol. The predicted octanol–water partition coefficient (Wildman–Crippen LogP) is 4.39. The van der Waals surface area contributed by atoms with Gasteiger partial charge in [0, 0.05) is 22.8 Å². The van der Waals surface area contributed by atoms with Gasteiger partial charge in [-0.3, -0.25) is 0 Å². The van der Waals surface area contributed by atoms with E-state index in [1.807, 2.05) is 12.1 Å². The number of fused-ring (bicyclic) bond motifs is 2. The van der Waals surface area contributed by atoms with Gasteiger partial charge < -0.3 is 8.94 Å². The summed E-state index contributed by atoms with van der Waals surface area (Å²) < 4.78 is 11.1. The van der Waals surface area contributed by atoms with Crippen molar-refractivity contribution < 1.29 is 8.94 Å². The van der Waals surface area contributed by atoms with Crippen LogP contribution in [0, 0.1) is 0 Å². The molecule has 0 atom stereocenters. The lowest BCUT2D eigenvalue weighted by molar-refractivity contribution is 0.419. The highest BCUT2D eigenvalue weighted by Gasteiger charge is 2.23. The summed E-state index contributed by atoms with van der Waals surface area (Å²) >= 11 is 0. The Morgan fingerprint density at radius 2 is 1.84 bits per heavy atom. The second-order valence-corrected chi connectivity index (χ2v) is 6.30. The molecule has 4 heteroatoms. The molecule has 0 amide bonds. The summed E-state index contributed by atoms with van der Waals surface area (Å²) in [6.45, 7) is 10.5. The highest BCUT2D eigenvalue weighted by Crippen LogP contribution is 2.32. The van der Waals surface area contributed by atoms with Gasteiger partial charge in [-0.05, 0) is 6.07 Å². The van der Waals surface area contributed by atoms with Gasteiger partial charge in [0.2, 0.25) is 0 Å². The Morgan fingerprint density at radius 3 is 2.47 bits per heavy atom. The van der Waals surface area contributed by atoms with Gasteiger partial charge in [-0.25, -0.2) is 4.98 Å². The third-order valence-corrected chi connectivity index (χ3v) is 3.20. The lowest BCUT2D eigenvalue weighted by Gasteiger charge is -2.14. The summed E-state index contributed by atoms with van der Waals surface area (Å²) in [7, 11) is 0. The van der Waals surface area contributed by atoms with E-state index in [0.29, 0.717) is 0 Å². The number of oxazole rings is 1. The van der Waals surface area contributed by atoms with E-state index < -0.39 is 0 Å². The summed E-state index contributed by atoms with van der Waals surface area (Å²) in [5, 5.41) is 5.20. The van der Waals surface area contributed by atoms with Gasteiger partial charge in [-0.1, -0.05) is 39.8 Å². The number of hydrogen-bond acceptors (Lipinski definition) is 4. The van der Waals surface area contributed by atoms with Crippen molar-refractivity contribution in [3.05, 3.63) is 23.7 Å². The molecular formula is C15H18N2O2. The maximum Gasteiger partial charge on any atom is 0.198 e. The van der Waals surface area contributed by atoms with Crippen LogP contribution in [-0.2, 0) is 5.41 Å². The number of rotatable bonds is 1. The number of aromatic nitrogens is 2. The lowest BCUT2D eigenvalue weighted by Crippen LogP contribution is -2.11. The van der Waals surface area contributed by atoms with Crippen LogP contribution in [-0.4, -0.2) is 10.1 Å². The van der Waals surface area contributed by atoms with E-state index in [9.17, 15) is 0 Å².